The minimum atomic E-state index is 0.807. The number of hydrogen-bond acceptors (Lipinski definition) is 1. The van der Waals surface area contributed by atoms with Gasteiger partial charge in [-0.1, -0.05) is 11.6 Å². The van der Waals surface area contributed by atoms with Gasteiger partial charge >= 0.3 is 0 Å². The zero-order valence-corrected chi connectivity index (χ0v) is 11.6. The van der Waals surface area contributed by atoms with E-state index in [0.29, 0.717) is 0 Å². The highest BCUT2D eigenvalue weighted by Gasteiger charge is 2.20. The molecule has 18 heavy (non-hydrogen) atoms. The summed E-state index contributed by atoms with van der Waals surface area (Å²) in [5, 5.41) is 5.05. The van der Waals surface area contributed by atoms with Gasteiger partial charge in [-0.25, -0.2) is 0 Å². The maximum Gasteiger partial charge on any atom is 0.0482 e. The van der Waals surface area contributed by atoms with E-state index in [1.165, 1.54) is 40.6 Å². The molecule has 1 fully saturated rings. The fourth-order valence-electron chi connectivity index (χ4n) is 2.77. The average molecular weight is 242 g/mol. The molecule has 1 N–H and O–H groups in total. The molecular weight excluding hydrogens is 220 g/mol. The summed E-state index contributed by atoms with van der Waals surface area (Å²) < 4.78 is 2.32. The third-order valence-corrected chi connectivity index (χ3v) is 4.16. The molecule has 1 saturated carbocycles. The van der Waals surface area contributed by atoms with Crippen LogP contribution in [-0.4, -0.2) is 17.2 Å². The van der Waals surface area contributed by atoms with E-state index in [1.807, 2.05) is 0 Å². The van der Waals surface area contributed by atoms with Crippen molar-refractivity contribution in [2.75, 3.05) is 6.54 Å². The van der Waals surface area contributed by atoms with Gasteiger partial charge in [0.15, 0.2) is 0 Å². The lowest BCUT2D eigenvalue weighted by molar-refractivity contribution is 0.680. The molecule has 0 atom stereocenters. The van der Waals surface area contributed by atoms with Gasteiger partial charge in [0, 0.05) is 29.7 Å². The van der Waals surface area contributed by atoms with Gasteiger partial charge in [-0.05, 0) is 57.4 Å². The quantitative estimate of drug-likeness (QED) is 0.872. The highest BCUT2D eigenvalue weighted by molar-refractivity contribution is 5.86. The van der Waals surface area contributed by atoms with Crippen molar-refractivity contribution in [3.05, 3.63) is 35.0 Å². The first-order valence-electron chi connectivity index (χ1n) is 6.94. The van der Waals surface area contributed by atoms with Crippen LogP contribution in [0.5, 0.6) is 0 Å². The van der Waals surface area contributed by atoms with Gasteiger partial charge in [0.25, 0.3) is 0 Å². The zero-order valence-electron chi connectivity index (χ0n) is 11.6. The molecule has 1 aromatic heterocycles. The summed E-state index contributed by atoms with van der Waals surface area (Å²) in [5.74, 6) is 0. The summed E-state index contributed by atoms with van der Waals surface area (Å²) in [5.41, 5.74) is 5.64. The van der Waals surface area contributed by atoms with Crippen LogP contribution in [0, 0.1) is 13.8 Å². The molecule has 2 nitrogen and oxygen atoms in total. The van der Waals surface area contributed by atoms with Crippen molar-refractivity contribution in [2.24, 2.45) is 7.05 Å². The number of rotatable bonds is 4. The van der Waals surface area contributed by atoms with E-state index in [1.54, 1.807) is 0 Å². The Morgan fingerprint density at radius 3 is 2.78 bits per heavy atom. The molecule has 1 aliphatic rings. The standard InChI is InChI=1S/C16H22N2/c1-11-4-7-16-15(10-11)14(12(2)18(16)3)8-9-17-13-5-6-13/h4,7,10,13,17H,5-6,8-9H2,1-3H3. The second-order valence-electron chi connectivity index (χ2n) is 5.62. The SMILES string of the molecule is Cc1ccc2c(c1)c(CCNC1CC1)c(C)n2C. The van der Waals surface area contributed by atoms with E-state index in [0.717, 1.165) is 19.0 Å². The van der Waals surface area contributed by atoms with Crippen molar-refractivity contribution in [1.82, 2.24) is 9.88 Å². The summed E-state index contributed by atoms with van der Waals surface area (Å²) in [6.07, 6.45) is 3.88. The van der Waals surface area contributed by atoms with Gasteiger partial charge in [-0.2, -0.15) is 0 Å². The lowest BCUT2D eigenvalue weighted by atomic mass is 10.1. The molecule has 0 spiro atoms. The number of nitrogens with one attached hydrogen (secondary N) is 1. The maximum atomic E-state index is 3.61. The van der Waals surface area contributed by atoms with Crippen molar-refractivity contribution in [2.45, 2.75) is 39.2 Å². The van der Waals surface area contributed by atoms with Crippen LogP contribution in [0.15, 0.2) is 18.2 Å². The van der Waals surface area contributed by atoms with Crippen LogP contribution in [0.1, 0.15) is 29.7 Å². The fraction of sp³-hybridized carbons (Fsp3) is 0.500. The Balaban J connectivity index is 1.92. The van der Waals surface area contributed by atoms with Gasteiger partial charge in [0.1, 0.15) is 0 Å². The van der Waals surface area contributed by atoms with Crippen LogP contribution >= 0.6 is 0 Å². The first-order chi connectivity index (χ1) is 8.66. The third kappa shape index (κ3) is 2.05. The van der Waals surface area contributed by atoms with Crippen LogP contribution in [0.3, 0.4) is 0 Å². The van der Waals surface area contributed by atoms with Crippen molar-refractivity contribution >= 4 is 10.9 Å². The van der Waals surface area contributed by atoms with Crippen molar-refractivity contribution in [3.8, 4) is 0 Å². The predicted octanol–water partition coefficient (Wildman–Crippen LogP) is 3.09. The van der Waals surface area contributed by atoms with E-state index >= 15 is 0 Å². The molecule has 1 aliphatic carbocycles. The Morgan fingerprint density at radius 2 is 2.06 bits per heavy atom. The topological polar surface area (TPSA) is 17.0 Å². The average Bonchev–Trinajstić information content (AvgIpc) is 3.13. The lowest BCUT2D eigenvalue weighted by Crippen LogP contribution is -2.19. The van der Waals surface area contributed by atoms with E-state index in [2.05, 4.69) is 49.0 Å². The monoisotopic (exact) mass is 242 g/mol. The molecule has 0 unspecified atom stereocenters. The van der Waals surface area contributed by atoms with Crippen LogP contribution in [0.4, 0.5) is 0 Å². The highest BCUT2D eigenvalue weighted by Crippen LogP contribution is 2.26. The minimum Gasteiger partial charge on any atom is -0.348 e. The van der Waals surface area contributed by atoms with Crippen molar-refractivity contribution < 1.29 is 0 Å². The first-order valence-corrected chi connectivity index (χ1v) is 6.94. The highest BCUT2D eigenvalue weighted by atomic mass is 15.0. The fourth-order valence-corrected chi connectivity index (χ4v) is 2.77. The Labute approximate surface area is 109 Å². The number of aromatic nitrogens is 1. The largest absolute Gasteiger partial charge is 0.348 e. The van der Waals surface area contributed by atoms with E-state index in [-0.39, 0.29) is 0 Å². The Morgan fingerprint density at radius 1 is 1.28 bits per heavy atom. The first kappa shape index (κ1) is 11.8. The number of hydrogen-bond donors (Lipinski definition) is 1. The molecule has 2 aromatic rings. The summed E-state index contributed by atoms with van der Waals surface area (Å²) in [4.78, 5) is 0. The van der Waals surface area contributed by atoms with Crippen LogP contribution in [0.25, 0.3) is 10.9 Å². The Bertz CT molecular complexity index is 576. The molecular formula is C16H22N2. The smallest absolute Gasteiger partial charge is 0.0482 e. The number of fused-ring (bicyclic) bond motifs is 1. The molecule has 1 heterocycles. The van der Waals surface area contributed by atoms with Crippen LogP contribution < -0.4 is 5.32 Å². The van der Waals surface area contributed by atoms with Gasteiger partial charge < -0.3 is 9.88 Å². The molecule has 0 radical (unpaired) electrons. The van der Waals surface area contributed by atoms with Crippen molar-refractivity contribution in [1.29, 1.82) is 0 Å². The van der Waals surface area contributed by atoms with Gasteiger partial charge in [-0.15, -0.1) is 0 Å². The second kappa shape index (κ2) is 4.43. The Hall–Kier alpha value is -1.28. The van der Waals surface area contributed by atoms with Crippen LogP contribution in [0.2, 0.25) is 0 Å². The maximum absolute atomic E-state index is 3.61. The zero-order chi connectivity index (χ0) is 12.7. The van der Waals surface area contributed by atoms with E-state index in [4.69, 9.17) is 0 Å². The van der Waals surface area contributed by atoms with Crippen LogP contribution in [-0.2, 0) is 13.5 Å². The summed E-state index contributed by atoms with van der Waals surface area (Å²) in [6, 6.07) is 7.58. The molecule has 2 heteroatoms. The lowest BCUT2D eigenvalue weighted by Gasteiger charge is -2.04. The number of nitrogens with zero attached hydrogens (tertiary/aromatic N) is 1. The summed E-state index contributed by atoms with van der Waals surface area (Å²) in [7, 11) is 2.17. The van der Waals surface area contributed by atoms with Gasteiger partial charge in [0.05, 0.1) is 0 Å². The number of benzene rings is 1. The molecule has 3 rings (SSSR count). The minimum absolute atomic E-state index is 0.807. The normalized spacial score (nSPS) is 15.5. The van der Waals surface area contributed by atoms with Gasteiger partial charge in [0.2, 0.25) is 0 Å². The second-order valence-corrected chi connectivity index (χ2v) is 5.62. The molecule has 1 aromatic carbocycles. The Kier molecular flexibility index (Phi) is 2.90. The summed E-state index contributed by atoms with van der Waals surface area (Å²) >= 11 is 0. The molecule has 0 aliphatic heterocycles. The molecule has 0 amide bonds. The van der Waals surface area contributed by atoms with Gasteiger partial charge in [-0.3, -0.25) is 0 Å². The third-order valence-electron chi connectivity index (χ3n) is 4.16. The number of aryl methyl sites for hydroxylation is 2. The molecule has 96 valence electrons. The van der Waals surface area contributed by atoms with E-state index < -0.39 is 0 Å². The summed E-state index contributed by atoms with van der Waals surface area (Å²) in [6.45, 7) is 5.52. The predicted molar refractivity (Wildman–Crippen MR) is 77.1 cm³/mol. The van der Waals surface area contributed by atoms with Crippen molar-refractivity contribution in [3.63, 3.8) is 0 Å². The molecule has 0 saturated heterocycles. The molecule has 0 bridgehead atoms. The van der Waals surface area contributed by atoms with E-state index in [9.17, 15) is 0 Å².